The van der Waals surface area contributed by atoms with E-state index in [1.54, 1.807) is 0 Å². The molecule has 2 aliphatic rings. The van der Waals surface area contributed by atoms with Crippen molar-refractivity contribution in [1.82, 2.24) is 20.0 Å². The zero-order valence-electron chi connectivity index (χ0n) is 16.3. The molecule has 1 fully saturated rings. The molecule has 0 bridgehead atoms. The molecular weight excluding hydrogens is 336 g/mol. The van der Waals surface area contributed by atoms with Crippen molar-refractivity contribution in [3.8, 4) is 0 Å². The largest absolute Gasteiger partial charge is 0.338 e. The van der Waals surface area contributed by atoms with Crippen LogP contribution in [-0.2, 0) is 32.9 Å². The van der Waals surface area contributed by atoms with Gasteiger partial charge < -0.3 is 10.2 Å². The number of aryl methyl sites for hydroxylation is 1. The molecule has 1 saturated carbocycles. The first-order valence-electron chi connectivity index (χ1n) is 10.3. The summed E-state index contributed by atoms with van der Waals surface area (Å²) in [4.78, 5) is 15.1. The highest BCUT2D eigenvalue weighted by Gasteiger charge is 2.30. The molecule has 0 atom stereocenters. The number of hydrogen-bond donors (Lipinski definition) is 1. The van der Waals surface area contributed by atoms with Crippen molar-refractivity contribution >= 4 is 6.03 Å². The van der Waals surface area contributed by atoms with Crippen LogP contribution >= 0.6 is 0 Å². The summed E-state index contributed by atoms with van der Waals surface area (Å²) in [6.45, 7) is 1.32. The fourth-order valence-electron chi connectivity index (χ4n) is 4.63. The highest BCUT2D eigenvalue weighted by molar-refractivity contribution is 5.74. The number of nitrogens with one attached hydrogen (secondary N) is 1. The highest BCUT2D eigenvalue weighted by atomic mass is 16.2. The molecule has 5 heteroatoms. The lowest BCUT2D eigenvalue weighted by atomic mass is 10.1. The average molecular weight is 367 g/mol. The van der Waals surface area contributed by atoms with E-state index in [0.717, 1.165) is 37.8 Å². The van der Waals surface area contributed by atoms with Crippen LogP contribution in [-0.4, -0.2) is 33.3 Å². The van der Waals surface area contributed by atoms with E-state index in [1.807, 2.05) is 29.9 Å². The van der Waals surface area contributed by atoms with Gasteiger partial charge in [-0.1, -0.05) is 43.2 Å². The van der Waals surface area contributed by atoms with Gasteiger partial charge in [-0.3, -0.25) is 4.68 Å². The molecule has 1 heterocycles. The molecule has 0 radical (unpaired) electrons. The maximum Gasteiger partial charge on any atom is 0.318 e. The molecule has 1 N–H and O–H groups in total. The first-order chi connectivity index (χ1) is 13.2. The van der Waals surface area contributed by atoms with Crippen LogP contribution in [0.15, 0.2) is 30.3 Å². The number of carbonyl (C=O) groups excluding carboxylic acids is 1. The van der Waals surface area contributed by atoms with Crippen molar-refractivity contribution in [2.24, 2.45) is 7.05 Å². The van der Waals surface area contributed by atoms with Gasteiger partial charge in [-0.15, -0.1) is 0 Å². The Hall–Kier alpha value is -2.30. The number of hydrogen-bond acceptors (Lipinski definition) is 2. The highest BCUT2D eigenvalue weighted by Crippen LogP contribution is 2.29. The van der Waals surface area contributed by atoms with Crippen molar-refractivity contribution < 1.29 is 4.79 Å². The molecule has 0 spiro atoms. The smallest absolute Gasteiger partial charge is 0.318 e. The molecule has 2 aromatic rings. The van der Waals surface area contributed by atoms with Crippen LogP contribution in [0.4, 0.5) is 4.79 Å². The predicted molar refractivity (Wildman–Crippen MR) is 107 cm³/mol. The molecular formula is C22H30N4O. The van der Waals surface area contributed by atoms with E-state index in [0.29, 0.717) is 19.1 Å². The summed E-state index contributed by atoms with van der Waals surface area (Å²) in [5.74, 6) is 0. The molecule has 0 aliphatic heterocycles. The Morgan fingerprint density at radius 3 is 2.74 bits per heavy atom. The second kappa shape index (κ2) is 8.15. The maximum absolute atomic E-state index is 13.0. The summed E-state index contributed by atoms with van der Waals surface area (Å²) in [5.41, 5.74) is 5.11. The Labute approximate surface area is 161 Å². The SMILES string of the molecule is Cn1nc(CN(C(=O)NCCc2ccccc2)C2CCCC2)c2c1CCC2. The van der Waals surface area contributed by atoms with Crippen molar-refractivity contribution in [2.45, 2.75) is 64.0 Å². The lowest BCUT2D eigenvalue weighted by Gasteiger charge is -2.29. The zero-order chi connectivity index (χ0) is 18.6. The Morgan fingerprint density at radius 2 is 1.96 bits per heavy atom. The zero-order valence-corrected chi connectivity index (χ0v) is 16.3. The predicted octanol–water partition coefficient (Wildman–Crippen LogP) is 3.61. The summed E-state index contributed by atoms with van der Waals surface area (Å²) in [6.07, 6.45) is 8.96. The Bertz CT molecular complexity index is 777. The topological polar surface area (TPSA) is 50.2 Å². The Balaban J connectivity index is 1.43. The average Bonchev–Trinajstić information content (AvgIpc) is 3.41. The number of rotatable bonds is 6. The molecule has 2 aliphatic carbocycles. The first-order valence-corrected chi connectivity index (χ1v) is 10.3. The third-order valence-corrected chi connectivity index (χ3v) is 6.08. The van der Waals surface area contributed by atoms with Crippen molar-refractivity contribution in [1.29, 1.82) is 0 Å². The molecule has 2 amide bonds. The van der Waals surface area contributed by atoms with Crippen LogP contribution in [0.3, 0.4) is 0 Å². The van der Waals surface area contributed by atoms with E-state index in [2.05, 4.69) is 22.3 Å². The lowest BCUT2D eigenvalue weighted by molar-refractivity contribution is 0.170. The number of fused-ring (bicyclic) bond motifs is 1. The second-order valence-corrected chi connectivity index (χ2v) is 7.88. The van der Waals surface area contributed by atoms with Crippen molar-refractivity contribution in [3.63, 3.8) is 0 Å². The fraction of sp³-hybridized carbons (Fsp3) is 0.545. The van der Waals surface area contributed by atoms with Gasteiger partial charge in [-0.2, -0.15) is 5.10 Å². The molecule has 0 saturated heterocycles. The minimum Gasteiger partial charge on any atom is -0.338 e. The normalized spacial score (nSPS) is 16.5. The number of urea groups is 1. The minimum absolute atomic E-state index is 0.0650. The van der Waals surface area contributed by atoms with Gasteiger partial charge >= 0.3 is 6.03 Å². The number of amides is 2. The molecule has 1 aromatic carbocycles. The molecule has 0 unspecified atom stereocenters. The van der Waals surface area contributed by atoms with E-state index < -0.39 is 0 Å². The lowest BCUT2D eigenvalue weighted by Crippen LogP contribution is -2.45. The third-order valence-electron chi connectivity index (χ3n) is 6.08. The van der Waals surface area contributed by atoms with E-state index in [-0.39, 0.29) is 6.03 Å². The van der Waals surface area contributed by atoms with Gasteiger partial charge in [0.1, 0.15) is 0 Å². The molecule has 144 valence electrons. The van der Waals surface area contributed by atoms with E-state index >= 15 is 0 Å². The van der Waals surface area contributed by atoms with Gasteiger partial charge in [0.2, 0.25) is 0 Å². The van der Waals surface area contributed by atoms with Crippen molar-refractivity contribution in [3.05, 3.63) is 52.8 Å². The van der Waals surface area contributed by atoms with Crippen LogP contribution in [0.5, 0.6) is 0 Å². The maximum atomic E-state index is 13.0. The van der Waals surface area contributed by atoms with Gasteiger partial charge in [0.15, 0.2) is 0 Å². The Morgan fingerprint density at radius 1 is 1.19 bits per heavy atom. The first kappa shape index (κ1) is 18.1. The number of nitrogens with zero attached hydrogens (tertiary/aromatic N) is 3. The van der Waals surface area contributed by atoms with E-state index in [9.17, 15) is 4.79 Å². The third kappa shape index (κ3) is 4.02. The minimum atomic E-state index is 0.0650. The quantitative estimate of drug-likeness (QED) is 0.849. The molecule has 5 nitrogen and oxygen atoms in total. The van der Waals surface area contributed by atoms with E-state index in [4.69, 9.17) is 5.10 Å². The van der Waals surface area contributed by atoms with Crippen LogP contribution in [0.2, 0.25) is 0 Å². The van der Waals surface area contributed by atoms with Gasteiger partial charge in [-0.05, 0) is 49.7 Å². The van der Waals surface area contributed by atoms with Gasteiger partial charge in [0.25, 0.3) is 0 Å². The summed E-state index contributed by atoms with van der Waals surface area (Å²) in [7, 11) is 2.04. The molecule has 27 heavy (non-hydrogen) atoms. The van der Waals surface area contributed by atoms with Gasteiger partial charge in [-0.25, -0.2) is 4.79 Å². The summed E-state index contributed by atoms with van der Waals surface area (Å²) < 4.78 is 2.03. The van der Waals surface area contributed by atoms with Gasteiger partial charge in [0, 0.05) is 25.3 Å². The summed E-state index contributed by atoms with van der Waals surface area (Å²) in [5, 5.41) is 7.90. The van der Waals surface area contributed by atoms with Crippen LogP contribution in [0.25, 0.3) is 0 Å². The fourth-order valence-corrected chi connectivity index (χ4v) is 4.63. The van der Waals surface area contributed by atoms with Crippen LogP contribution in [0, 0.1) is 0 Å². The summed E-state index contributed by atoms with van der Waals surface area (Å²) in [6, 6.07) is 10.7. The van der Waals surface area contributed by atoms with Crippen molar-refractivity contribution in [2.75, 3.05) is 6.54 Å². The second-order valence-electron chi connectivity index (χ2n) is 7.88. The standard InChI is InChI=1S/C22H30N4O/c1-25-21-13-7-12-19(21)20(24-25)16-26(18-10-5-6-11-18)22(27)23-15-14-17-8-3-2-4-9-17/h2-4,8-9,18H,5-7,10-16H2,1H3,(H,23,27). The Kier molecular flexibility index (Phi) is 5.46. The number of carbonyl (C=O) groups is 1. The monoisotopic (exact) mass is 366 g/mol. The number of benzene rings is 1. The summed E-state index contributed by atoms with van der Waals surface area (Å²) >= 11 is 0. The molecule has 4 rings (SSSR count). The number of aromatic nitrogens is 2. The molecule has 1 aromatic heterocycles. The van der Waals surface area contributed by atoms with Crippen LogP contribution in [0.1, 0.15) is 54.6 Å². The van der Waals surface area contributed by atoms with Crippen LogP contribution < -0.4 is 5.32 Å². The van der Waals surface area contributed by atoms with E-state index in [1.165, 1.54) is 36.1 Å². The van der Waals surface area contributed by atoms with Gasteiger partial charge in [0.05, 0.1) is 12.2 Å².